The van der Waals surface area contributed by atoms with Gasteiger partial charge in [-0.1, -0.05) is 29.0 Å². The molecule has 1 aliphatic heterocycles. The van der Waals surface area contributed by atoms with Gasteiger partial charge in [0.15, 0.2) is 0 Å². The van der Waals surface area contributed by atoms with E-state index in [1.807, 2.05) is 12.1 Å². The number of rotatable bonds is 4. The van der Waals surface area contributed by atoms with Crippen molar-refractivity contribution in [2.45, 2.75) is 26.2 Å². The molecule has 3 aromatic rings. The Balaban J connectivity index is 1.43. The van der Waals surface area contributed by atoms with Crippen molar-refractivity contribution in [2.24, 2.45) is 0 Å². The van der Waals surface area contributed by atoms with Crippen LogP contribution in [0.1, 0.15) is 11.4 Å². The molecule has 0 radical (unpaired) electrons. The maximum atomic E-state index is 12.5. The smallest absolute Gasteiger partial charge is 0.318 e. The lowest BCUT2D eigenvalue weighted by Gasteiger charge is -2.29. The number of hydrogen-bond acceptors (Lipinski definition) is 3. The first-order valence-electron chi connectivity index (χ1n) is 8.45. The van der Waals surface area contributed by atoms with E-state index in [0.29, 0.717) is 26.2 Å². The number of urea groups is 1. The second-order valence-corrected chi connectivity index (χ2v) is 6.67. The minimum atomic E-state index is -0.106. The summed E-state index contributed by atoms with van der Waals surface area (Å²) in [4.78, 5) is 14.3. The Bertz CT molecular complexity index is 975. The highest BCUT2D eigenvalue weighted by atomic mass is 35.5. The lowest BCUT2D eigenvalue weighted by atomic mass is 10.2. The molecule has 8 heteroatoms. The van der Waals surface area contributed by atoms with Crippen LogP contribution in [0.15, 0.2) is 43.1 Å². The SMILES string of the molecule is C=CCn1cc(CNC(=O)N2CCn3c(cc4c(Cl)cccc43)C2)nn1. The van der Waals surface area contributed by atoms with Crippen LogP contribution in [-0.4, -0.2) is 37.0 Å². The third-order valence-corrected chi connectivity index (χ3v) is 4.86. The molecule has 3 heterocycles. The van der Waals surface area contributed by atoms with Crippen molar-refractivity contribution in [3.63, 3.8) is 0 Å². The lowest BCUT2D eigenvalue weighted by molar-refractivity contribution is 0.183. The van der Waals surface area contributed by atoms with Crippen LogP contribution in [0.4, 0.5) is 4.79 Å². The van der Waals surface area contributed by atoms with Crippen molar-refractivity contribution in [1.29, 1.82) is 0 Å². The van der Waals surface area contributed by atoms with Gasteiger partial charge in [0.25, 0.3) is 0 Å². The molecule has 1 N–H and O–H groups in total. The van der Waals surface area contributed by atoms with E-state index >= 15 is 0 Å². The maximum Gasteiger partial charge on any atom is 0.318 e. The van der Waals surface area contributed by atoms with Gasteiger partial charge in [0.05, 0.1) is 25.8 Å². The van der Waals surface area contributed by atoms with Crippen LogP contribution in [0.3, 0.4) is 0 Å². The van der Waals surface area contributed by atoms with E-state index in [1.165, 1.54) is 0 Å². The van der Waals surface area contributed by atoms with Gasteiger partial charge in [-0.3, -0.25) is 0 Å². The van der Waals surface area contributed by atoms with E-state index in [4.69, 9.17) is 11.6 Å². The third-order valence-electron chi connectivity index (χ3n) is 4.53. The Morgan fingerprint density at radius 2 is 2.27 bits per heavy atom. The molecule has 134 valence electrons. The summed E-state index contributed by atoms with van der Waals surface area (Å²) in [5.41, 5.74) is 2.93. The minimum absolute atomic E-state index is 0.106. The van der Waals surface area contributed by atoms with Crippen molar-refractivity contribution in [2.75, 3.05) is 6.54 Å². The van der Waals surface area contributed by atoms with Gasteiger partial charge in [-0.15, -0.1) is 11.7 Å². The number of halogens is 1. The zero-order chi connectivity index (χ0) is 18.1. The highest BCUT2D eigenvalue weighted by molar-refractivity contribution is 6.35. The maximum absolute atomic E-state index is 12.5. The van der Waals surface area contributed by atoms with Crippen LogP contribution in [0, 0.1) is 0 Å². The van der Waals surface area contributed by atoms with Crippen LogP contribution < -0.4 is 5.32 Å². The second-order valence-electron chi connectivity index (χ2n) is 6.26. The molecule has 26 heavy (non-hydrogen) atoms. The normalized spacial score (nSPS) is 13.7. The number of benzene rings is 1. The third kappa shape index (κ3) is 3.06. The van der Waals surface area contributed by atoms with Crippen LogP contribution in [0.2, 0.25) is 5.02 Å². The van der Waals surface area contributed by atoms with Crippen LogP contribution in [0.5, 0.6) is 0 Å². The number of hydrogen-bond donors (Lipinski definition) is 1. The molecule has 0 spiro atoms. The Morgan fingerprint density at radius 3 is 3.12 bits per heavy atom. The summed E-state index contributed by atoms with van der Waals surface area (Å²) in [6.45, 7) is 6.57. The van der Waals surface area contributed by atoms with Gasteiger partial charge in [0.2, 0.25) is 0 Å². The summed E-state index contributed by atoms with van der Waals surface area (Å²) < 4.78 is 3.91. The monoisotopic (exact) mass is 370 g/mol. The lowest BCUT2D eigenvalue weighted by Crippen LogP contribution is -2.43. The summed E-state index contributed by atoms with van der Waals surface area (Å²) in [6, 6.07) is 7.87. The topological polar surface area (TPSA) is 68.0 Å². The predicted octanol–water partition coefficient (Wildman–Crippen LogP) is 2.80. The van der Waals surface area contributed by atoms with E-state index in [2.05, 4.69) is 38.9 Å². The molecule has 0 saturated heterocycles. The van der Waals surface area contributed by atoms with Crippen LogP contribution in [-0.2, 0) is 26.2 Å². The number of amides is 2. The second kappa shape index (κ2) is 6.84. The van der Waals surface area contributed by atoms with E-state index in [9.17, 15) is 4.79 Å². The number of aromatic nitrogens is 4. The molecule has 0 aliphatic carbocycles. The average Bonchev–Trinajstić information content (AvgIpc) is 3.24. The highest BCUT2D eigenvalue weighted by Crippen LogP contribution is 2.29. The Hall–Kier alpha value is -2.80. The molecule has 7 nitrogen and oxygen atoms in total. The summed E-state index contributed by atoms with van der Waals surface area (Å²) >= 11 is 6.29. The standard InChI is InChI=1S/C18H19ClN6O/c1-2-6-24-11-13(21-22-24)10-20-18(26)23-7-8-25-14(12-23)9-15-16(19)4-3-5-17(15)25/h2-5,9,11H,1,6-8,10,12H2,(H,20,26). The summed E-state index contributed by atoms with van der Waals surface area (Å²) in [5.74, 6) is 0. The molecule has 2 amide bonds. The Labute approximate surface area is 155 Å². The van der Waals surface area contributed by atoms with E-state index in [-0.39, 0.29) is 6.03 Å². The van der Waals surface area contributed by atoms with Gasteiger partial charge >= 0.3 is 6.03 Å². The van der Waals surface area contributed by atoms with Gasteiger partial charge in [-0.25, -0.2) is 9.48 Å². The summed E-state index contributed by atoms with van der Waals surface area (Å²) in [5, 5.41) is 12.7. The van der Waals surface area contributed by atoms with Crippen LogP contribution in [0.25, 0.3) is 10.9 Å². The molecule has 0 bridgehead atoms. The number of fused-ring (bicyclic) bond motifs is 3. The van der Waals surface area contributed by atoms with Crippen molar-refractivity contribution in [3.05, 3.63) is 59.5 Å². The fraction of sp³-hybridized carbons (Fsp3) is 0.278. The molecule has 0 saturated carbocycles. The number of allylic oxidation sites excluding steroid dienone is 1. The molecule has 0 fully saturated rings. The molecule has 0 unspecified atom stereocenters. The van der Waals surface area contributed by atoms with E-state index in [0.717, 1.165) is 33.9 Å². The molecule has 1 aromatic carbocycles. The number of carbonyl (C=O) groups excluding carboxylic acids is 1. The molecular formula is C18H19ClN6O. The van der Waals surface area contributed by atoms with Gasteiger partial charge in [-0.05, 0) is 18.2 Å². The predicted molar refractivity (Wildman–Crippen MR) is 99.8 cm³/mol. The molecular weight excluding hydrogens is 352 g/mol. The zero-order valence-corrected chi connectivity index (χ0v) is 15.0. The first-order valence-corrected chi connectivity index (χ1v) is 8.83. The average molecular weight is 371 g/mol. The van der Waals surface area contributed by atoms with Gasteiger partial charge < -0.3 is 14.8 Å². The largest absolute Gasteiger partial charge is 0.341 e. The van der Waals surface area contributed by atoms with Gasteiger partial charge in [0.1, 0.15) is 5.69 Å². The number of carbonyl (C=O) groups is 1. The van der Waals surface area contributed by atoms with Crippen molar-refractivity contribution in [3.8, 4) is 0 Å². The van der Waals surface area contributed by atoms with E-state index in [1.54, 1.807) is 21.9 Å². The Kier molecular flexibility index (Phi) is 4.38. The molecule has 4 rings (SSSR count). The van der Waals surface area contributed by atoms with Gasteiger partial charge in [-0.2, -0.15) is 0 Å². The summed E-state index contributed by atoms with van der Waals surface area (Å²) in [6.07, 6.45) is 3.55. The number of nitrogens with zero attached hydrogens (tertiary/aromatic N) is 5. The fourth-order valence-corrected chi connectivity index (χ4v) is 3.51. The van der Waals surface area contributed by atoms with Crippen LogP contribution >= 0.6 is 11.6 Å². The number of nitrogens with one attached hydrogen (secondary N) is 1. The molecule has 0 atom stereocenters. The zero-order valence-electron chi connectivity index (χ0n) is 14.2. The Morgan fingerprint density at radius 1 is 1.38 bits per heavy atom. The van der Waals surface area contributed by atoms with Gasteiger partial charge in [0, 0.05) is 34.7 Å². The summed E-state index contributed by atoms with van der Waals surface area (Å²) in [7, 11) is 0. The highest BCUT2D eigenvalue weighted by Gasteiger charge is 2.23. The fourth-order valence-electron chi connectivity index (χ4n) is 3.29. The molecule has 2 aromatic heterocycles. The van der Waals surface area contributed by atoms with Crippen molar-refractivity contribution in [1.82, 2.24) is 29.8 Å². The van der Waals surface area contributed by atoms with Crippen molar-refractivity contribution < 1.29 is 4.79 Å². The van der Waals surface area contributed by atoms with E-state index < -0.39 is 0 Å². The minimum Gasteiger partial charge on any atom is -0.341 e. The quantitative estimate of drug-likeness (QED) is 0.718. The molecule has 1 aliphatic rings. The first kappa shape index (κ1) is 16.7. The first-order chi connectivity index (χ1) is 12.7. The van der Waals surface area contributed by atoms with Crippen molar-refractivity contribution >= 4 is 28.5 Å².